The predicted octanol–water partition coefficient (Wildman–Crippen LogP) is 2.09. The topological polar surface area (TPSA) is 242 Å². The number of carbonyl (C=O) groups is 2. The van der Waals surface area contributed by atoms with Gasteiger partial charge in [-0.05, 0) is 62.4 Å². The van der Waals surface area contributed by atoms with Gasteiger partial charge in [-0.25, -0.2) is 9.98 Å². The van der Waals surface area contributed by atoms with Gasteiger partial charge in [0.1, 0.15) is 48.5 Å². The highest BCUT2D eigenvalue weighted by atomic mass is 16.5. The number of nitrogens with zero attached hydrogens (tertiary/aromatic N) is 10. The minimum Gasteiger partial charge on any atom is -0.491 e. The van der Waals surface area contributed by atoms with Crippen molar-refractivity contribution >= 4 is 46.8 Å². The zero-order valence-corrected chi connectivity index (χ0v) is 40.8. The summed E-state index contributed by atoms with van der Waals surface area (Å²) in [4.78, 5) is 60.4. The molecule has 4 atom stereocenters. The summed E-state index contributed by atoms with van der Waals surface area (Å²) in [6.07, 6.45) is 5.12. The van der Waals surface area contributed by atoms with E-state index in [-0.39, 0.29) is 37.2 Å². The number of morpholine rings is 2. The molecule has 0 bridgehead atoms. The number of carbonyl (C=O) groups excluding carboxylic acids is 2. The number of benzene rings is 2. The largest absolute Gasteiger partial charge is 0.491 e. The number of nitrogens with one attached hydrogen (secondary N) is 2. The average Bonchev–Trinajstić information content (AvgIpc) is 4.10. The second-order valence-corrected chi connectivity index (χ2v) is 17.8. The van der Waals surface area contributed by atoms with Crippen LogP contribution in [0.1, 0.15) is 45.7 Å². The zero-order valence-electron chi connectivity index (χ0n) is 40.8. The minimum absolute atomic E-state index is 0.0939. The fourth-order valence-corrected chi connectivity index (χ4v) is 9.23. The molecule has 22 nitrogen and oxygen atoms in total. The van der Waals surface area contributed by atoms with Gasteiger partial charge >= 0.3 is 0 Å². The third-order valence-corrected chi connectivity index (χ3v) is 12.4. The lowest BCUT2D eigenvalue weighted by Gasteiger charge is -2.36. The summed E-state index contributed by atoms with van der Waals surface area (Å²) >= 11 is 0. The van der Waals surface area contributed by atoms with E-state index in [1.54, 1.807) is 63.0 Å². The summed E-state index contributed by atoms with van der Waals surface area (Å²) in [5.41, 5.74) is 3.47. The van der Waals surface area contributed by atoms with Crippen LogP contribution in [0.5, 0.6) is 23.0 Å². The Bertz CT molecular complexity index is 2690. The third-order valence-electron chi connectivity index (χ3n) is 12.4. The van der Waals surface area contributed by atoms with Crippen LogP contribution in [-0.2, 0) is 9.47 Å². The molecule has 0 unspecified atom stereocenters. The Hall–Kier alpha value is -7.08. The van der Waals surface area contributed by atoms with Crippen LogP contribution in [0.4, 0.5) is 11.4 Å². The number of aliphatic hydroxyl groups is 2. The van der Waals surface area contributed by atoms with Crippen LogP contribution in [-0.4, -0.2) is 206 Å². The number of aromatic nitrogens is 2. The van der Waals surface area contributed by atoms with Gasteiger partial charge in [0, 0.05) is 88.3 Å². The number of hydrogen-bond acceptors (Lipinski definition) is 20. The van der Waals surface area contributed by atoms with E-state index in [1.165, 1.54) is 12.4 Å². The summed E-state index contributed by atoms with van der Waals surface area (Å²) < 4.78 is 34.4. The minimum atomic E-state index is -0.689. The molecular weight excluding hydrogens is 929 g/mol. The quantitative estimate of drug-likeness (QED) is 0.141. The van der Waals surface area contributed by atoms with Crippen LogP contribution >= 0.6 is 0 Å². The van der Waals surface area contributed by atoms with Gasteiger partial charge in [-0.15, -0.1) is 0 Å². The zero-order chi connectivity index (χ0) is 50.1. The van der Waals surface area contributed by atoms with Crippen molar-refractivity contribution in [1.82, 2.24) is 40.2 Å². The normalized spacial score (nSPS) is 20.1. The monoisotopic (exact) mass is 988 g/mol. The van der Waals surface area contributed by atoms with Gasteiger partial charge in [0.15, 0.2) is 23.0 Å². The Morgan fingerprint density at radius 2 is 1.15 bits per heavy atom. The molecule has 10 rings (SSSR count). The Kier molecular flexibility index (Phi) is 15.9. The average molecular weight is 989 g/mol. The van der Waals surface area contributed by atoms with Crippen molar-refractivity contribution in [2.24, 2.45) is 20.0 Å². The van der Waals surface area contributed by atoms with Gasteiger partial charge in [-0.1, -0.05) is 0 Å². The van der Waals surface area contributed by atoms with E-state index < -0.39 is 12.2 Å². The van der Waals surface area contributed by atoms with Gasteiger partial charge < -0.3 is 38.6 Å². The molecule has 2 aromatic carbocycles. The van der Waals surface area contributed by atoms with Crippen molar-refractivity contribution in [3.8, 4) is 23.0 Å². The van der Waals surface area contributed by atoms with Gasteiger partial charge in [-0.2, -0.15) is 0 Å². The Labute approximate surface area is 417 Å². The van der Waals surface area contributed by atoms with E-state index in [2.05, 4.69) is 40.4 Å². The predicted molar refractivity (Wildman–Crippen MR) is 267 cm³/mol. The Morgan fingerprint density at radius 3 is 1.60 bits per heavy atom. The first-order chi connectivity index (χ1) is 35.1. The van der Waals surface area contributed by atoms with Crippen molar-refractivity contribution < 1.29 is 48.2 Å². The van der Waals surface area contributed by atoms with Crippen molar-refractivity contribution in [2.45, 2.75) is 38.3 Å². The van der Waals surface area contributed by atoms with Crippen LogP contribution in [0.15, 0.2) is 93.3 Å². The summed E-state index contributed by atoms with van der Waals surface area (Å²) in [5.74, 6) is 3.28. The highest BCUT2D eigenvalue weighted by Gasteiger charge is 2.36. The first-order valence-corrected chi connectivity index (χ1v) is 24.0. The number of β-amino-alcohol motifs (C(OH)–C–C–N with tert-alkyl or cyclic N) is 2. The van der Waals surface area contributed by atoms with Crippen LogP contribution in [0, 0.1) is 0 Å². The number of hydrogen-bond donors (Lipinski definition) is 4. The molecule has 6 aliphatic rings. The number of pyridine rings is 2. The number of fused-ring (bicyclic) bond motifs is 6. The smallest absolute Gasteiger partial charge is 0.259 e. The van der Waals surface area contributed by atoms with E-state index in [0.717, 1.165) is 37.3 Å². The van der Waals surface area contributed by atoms with E-state index in [9.17, 15) is 19.8 Å². The van der Waals surface area contributed by atoms with Gasteiger partial charge in [0.25, 0.3) is 11.8 Å². The van der Waals surface area contributed by atoms with Crippen molar-refractivity contribution in [3.05, 3.63) is 95.6 Å². The lowest BCUT2D eigenvalue weighted by molar-refractivity contribution is -0.0787. The molecule has 8 heterocycles. The number of amides is 2. The van der Waals surface area contributed by atoms with E-state index in [4.69, 9.17) is 38.4 Å². The molecule has 72 heavy (non-hydrogen) atoms. The van der Waals surface area contributed by atoms with Crippen molar-refractivity contribution in [3.63, 3.8) is 0 Å². The highest BCUT2D eigenvalue weighted by molar-refractivity contribution is 6.21. The fourth-order valence-electron chi connectivity index (χ4n) is 9.23. The van der Waals surface area contributed by atoms with Gasteiger partial charge in [-0.3, -0.25) is 59.8 Å². The summed E-state index contributed by atoms with van der Waals surface area (Å²) in [6.45, 7) is 12.1. The first kappa shape index (κ1) is 49.9. The number of amidine groups is 2. The molecule has 0 radical (unpaired) electrons. The highest BCUT2D eigenvalue weighted by Crippen LogP contribution is 2.44. The summed E-state index contributed by atoms with van der Waals surface area (Å²) in [5, 5.41) is 26.9. The Balaban J connectivity index is 0.000000178. The van der Waals surface area contributed by atoms with Crippen molar-refractivity contribution in [1.29, 1.82) is 0 Å². The molecule has 0 spiro atoms. The number of rotatable bonds is 14. The molecule has 0 saturated carbocycles. The maximum absolute atomic E-state index is 12.8. The van der Waals surface area contributed by atoms with E-state index >= 15 is 0 Å². The molecule has 0 aliphatic carbocycles. The van der Waals surface area contributed by atoms with Crippen LogP contribution in [0.25, 0.3) is 0 Å². The first-order valence-electron chi connectivity index (χ1n) is 24.0. The lowest BCUT2D eigenvalue weighted by atomic mass is 10.1. The van der Waals surface area contributed by atoms with E-state index in [1.807, 2.05) is 35.8 Å². The SMILES string of the molecule is COc1c(OC[C@@H](O)CN2CCOCC2)ccc2c1N=C(NC(=O)c1cccnc1)N1CCN=C21.COc1c(OC[C@H](O)CN2C[C@@H](C)O[C@@H](C)C2)ccc2c1N=C(NC(=O)c1cccnc1)N1CCN=C21. The summed E-state index contributed by atoms with van der Waals surface area (Å²) in [6, 6.07) is 14.1. The number of aliphatic imine (C=N–C) groups is 4. The Morgan fingerprint density at radius 1 is 0.681 bits per heavy atom. The second kappa shape index (κ2) is 23.0. The number of aliphatic hydroxyl groups excluding tert-OH is 2. The number of ether oxygens (including phenoxy) is 6. The van der Waals surface area contributed by atoms with E-state index in [0.29, 0.717) is 122 Å². The number of guanidine groups is 2. The second-order valence-electron chi connectivity index (χ2n) is 17.8. The molecule has 2 saturated heterocycles. The standard InChI is InChI=1S/C26H32N6O5.C24H28N6O5/c1-16-12-31(13-17(2)37-16)14-19(33)15-36-21-7-6-20-22(23(21)35-3)29-26(32-10-9-28-24(20)32)30-25(34)18-5-4-8-27-11-18;1-33-21-19(35-15-17(31)14-29-9-11-34-12-10-29)5-4-18-20(21)27-24(30-8-7-26-22(18)30)28-23(32)16-3-2-6-25-13-16/h4-8,11,16-17,19,33H,9-10,12-15H2,1-3H3,(H,29,30,34);2-6,13,17,31H,7-12,14-15H2,1H3,(H,27,28,32)/t16-,17+,19-;17-/m10/s1. The van der Waals surface area contributed by atoms with Crippen molar-refractivity contribution in [2.75, 3.05) is 106 Å². The molecular formula is C50H60N12O10. The third kappa shape index (κ3) is 11.5. The molecule has 4 aromatic rings. The van der Waals surface area contributed by atoms with Crippen LogP contribution < -0.4 is 29.6 Å². The van der Waals surface area contributed by atoms with Crippen LogP contribution in [0.2, 0.25) is 0 Å². The summed E-state index contributed by atoms with van der Waals surface area (Å²) in [7, 11) is 3.08. The van der Waals surface area contributed by atoms with Gasteiger partial charge in [0.2, 0.25) is 11.9 Å². The molecule has 2 fully saturated rings. The maximum Gasteiger partial charge on any atom is 0.259 e. The molecule has 4 N–H and O–H groups in total. The lowest BCUT2D eigenvalue weighted by Crippen LogP contribution is -2.48. The van der Waals surface area contributed by atoms with Crippen LogP contribution in [0.3, 0.4) is 0 Å². The molecule has 2 amide bonds. The number of methoxy groups -OCH3 is 2. The maximum atomic E-state index is 12.8. The molecule has 380 valence electrons. The fraction of sp³-hybridized carbons (Fsp3) is 0.440. The molecule has 2 aromatic heterocycles. The molecule has 6 aliphatic heterocycles. The molecule has 22 heteroatoms. The van der Waals surface area contributed by atoms with Gasteiger partial charge in [0.05, 0.1) is 63.9 Å².